The Balaban J connectivity index is 0. The number of rotatable bonds is 5. The molecule has 1 amide bonds. The summed E-state index contributed by atoms with van der Waals surface area (Å²) in [6, 6.07) is 0. The first kappa shape index (κ1) is 18.1. The largest absolute Gasteiger partial charge is 0.333 e. The molecule has 0 aliphatic heterocycles. The molecule has 0 atom stereocenters. The first-order valence-electron chi connectivity index (χ1n) is 5.39. The van der Waals surface area contributed by atoms with E-state index in [1.807, 2.05) is 11.8 Å². The van der Waals surface area contributed by atoms with E-state index in [4.69, 9.17) is 0 Å². The standard InChI is InChI=1S/C11H23NOS.Zr/c1-6-14-11(13)12(7-9(2)3)8-10(4)5;/h9-10H,6-8H2,1-5H3;. The molecular formula is C11H23NOSZr. The Kier molecular flexibility index (Phi) is 11.9. The van der Waals surface area contributed by atoms with Crippen LogP contribution in [-0.4, -0.2) is 29.0 Å². The molecule has 15 heavy (non-hydrogen) atoms. The van der Waals surface area contributed by atoms with Gasteiger partial charge in [0.1, 0.15) is 0 Å². The van der Waals surface area contributed by atoms with Crippen molar-refractivity contribution in [3.63, 3.8) is 0 Å². The van der Waals surface area contributed by atoms with Gasteiger partial charge in [0.25, 0.3) is 5.24 Å². The van der Waals surface area contributed by atoms with Crippen molar-refractivity contribution in [3.05, 3.63) is 0 Å². The van der Waals surface area contributed by atoms with Crippen LogP contribution in [0.15, 0.2) is 0 Å². The number of hydrogen-bond donors (Lipinski definition) is 0. The van der Waals surface area contributed by atoms with Gasteiger partial charge in [0.05, 0.1) is 0 Å². The number of carbonyl (C=O) groups is 1. The topological polar surface area (TPSA) is 20.3 Å². The first-order chi connectivity index (χ1) is 6.47. The summed E-state index contributed by atoms with van der Waals surface area (Å²) in [6.07, 6.45) is 0. The normalized spacial score (nSPS) is 10.3. The van der Waals surface area contributed by atoms with Crippen LogP contribution < -0.4 is 0 Å². The smallest absolute Gasteiger partial charge is 0.281 e. The minimum atomic E-state index is 0. The second kappa shape index (κ2) is 9.90. The fraction of sp³-hybridized carbons (Fsp3) is 0.909. The number of thioether (sulfide) groups is 1. The second-order valence-corrected chi connectivity index (χ2v) is 5.61. The quantitative estimate of drug-likeness (QED) is 0.775. The van der Waals surface area contributed by atoms with Crippen LogP contribution in [0.4, 0.5) is 4.79 Å². The van der Waals surface area contributed by atoms with Crippen LogP contribution >= 0.6 is 11.8 Å². The molecule has 0 aliphatic rings. The van der Waals surface area contributed by atoms with Gasteiger partial charge in [-0.1, -0.05) is 46.4 Å². The molecule has 0 rings (SSSR count). The molecule has 0 saturated carbocycles. The van der Waals surface area contributed by atoms with Crippen molar-refractivity contribution >= 4 is 17.0 Å². The Morgan fingerprint density at radius 3 is 1.80 bits per heavy atom. The van der Waals surface area contributed by atoms with Crippen LogP contribution in [0.1, 0.15) is 34.6 Å². The summed E-state index contributed by atoms with van der Waals surface area (Å²) in [6.45, 7) is 12.4. The van der Waals surface area contributed by atoms with Gasteiger partial charge < -0.3 is 4.90 Å². The third-order valence-electron chi connectivity index (χ3n) is 1.70. The van der Waals surface area contributed by atoms with Crippen molar-refractivity contribution < 1.29 is 31.0 Å². The minimum Gasteiger partial charge on any atom is -0.333 e. The molecule has 0 N–H and O–H groups in total. The van der Waals surface area contributed by atoms with E-state index in [0.29, 0.717) is 11.8 Å². The summed E-state index contributed by atoms with van der Waals surface area (Å²) in [5, 5.41) is 0.231. The van der Waals surface area contributed by atoms with E-state index in [9.17, 15) is 4.79 Å². The van der Waals surface area contributed by atoms with Gasteiger partial charge in [0.2, 0.25) is 0 Å². The van der Waals surface area contributed by atoms with Gasteiger partial charge >= 0.3 is 0 Å². The summed E-state index contributed by atoms with van der Waals surface area (Å²) in [7, 11) is 0. The maximum absolute atomic E-state index is 11.7. The van der Waals surface area contributed by atoms with E-state index in [-0.39, 0.29) is 31.4 Å². The van der Waals surface area contributed by atoms with Gasteiger partial charge in [0.15, 0.2) is 0 Å². The number of carbonyl (C=O) groups excluding carboxylic acids is 1. The first-order valence-corrected chi connectivity index (χ1v) is 6.37. The number of nitrogens with zero attached hydrogens (tertiary/aromatic N) is 1. The van der Waals surface area contributed by atoms with Crippen molar-refractivity contribution in [1.29, 1.82) is 0 Å². The Morgan fingerprint density at radius 1 is 1.13 bits per heavy atom. The SMILES string of the molecule is CCSC(=O)N(CC(C)C)CC(C)C.[Zr]. The summed E-state index contributed by atoms with van der Waals surface area (Å²) < 4.78 is 0. The van der Waals surface area contributed by atoms with Gasteiger partial charge in [-0.3, -0.25) is 4.79 Å². The minimum absolute atomic E-state index is 0. The van der Waals surface area contributed by atoms with Crippen LogP contribution in [0.5, 0.6) is 0 Å². The molecule has 88 valence electrons. The van der Waals surface area contributed by atoms with Crippen molar-refractivity contribution in [2.45, 2.75) is 34.6 Å². The Bertz CT molecular complexity index is 164. The van der Waals surface area contributed by atoms with Gasteiger partial charge in [-0.05, 0) is 17.6 Å². The van der Waals surface area contributed by atoms with Crippen LogP contribution in [0.3, 0.4) is 0 Å². The Labute approximate surface area is 118 Å². The monoisotopic (exact) mass is 307 g/mol. The Hall–Kier alpha value is 0.703. The summed E-state index contributed by atoms with van der Waals surface area (Å²) >= 11 is 1.41. The third kappa shape index (κ3) is 9.62. The molecule has 0 aromatic carbocycles. The molecule has 0 unspecified atom stereocenters. The van der Waals surface area contributed by atoms with Crippen molar-refractivity contribution in [2.75, 3.05) is 18.8 Å². The molecule has 0 aliphatic carbocycles. The summed E-state index contributed by atoms with van der Waals surface area (Å²) in [5.41, 5.74) is 0. The second-order valence-electron chi connectivity index (χ2n) is 4.39. The van der Waals surface area contributed by atoms with E-state index in [1.165, 1.54) is 11.8 Å². The van der Waals surface area contributed by atoms with Crippen LogP contribution in [0.2, 0.25) is 0 Å². The molecule has 0 aromatic heterocycles. The average molecular weight is 309 g/mol. The average Bonchev–Trinajstić information content (AvgIpc) is 2.01. The van der Waals surface area contributed by atoms with Gasteiger partial charge in [-0.25, -0.2) is 0 Å². The van der Waals surface area contributed by atoms with Crippen molar-refractivity contribution in [2.24, 2.45) is 11.8 Å². The van der Waals surface area contributed by atoms with Gasteiger partial charge in [-0.15, -0.1) is 0 Å². The zero-order valence-corrected chi connectivity index (χ0v) is 13.8. The number of amides is 1. The van der Waals surface area contributed by atoms with Crippen LogP contribution in [-0.2, 0) is 26.2 Å². The molecule has 0 heterocycles. The molecule has 4 heteroatoms. The van der Waals surface area contributed by atoms with Crippen LogP contribution in [0, 0.1) is 11.8 Å². The third-order valence-corrected chi connectivity index (χ3v) is 2.49. The van der Waals surface area contributed by atoms with E-state index in [1.54, 1.807) is 0 Å². The van der Waals surface area contributed by atoms with E-state index in [2.05, 4.69) is 27.7 Å². The Morgan fingerprint density at radius 2 is 1.53 bits per heavy atom. The predicted molar refractivity (Wildman–Crippen MR) is 64.8 cm³/mol. The number of hydrogen-bond acceptors (Lipinski definition) is 2. The van der Waals surface area contributed by atoms with E-state index in [0.717, 1.165) is 18.8 Å². The summed E-state index contributed by atoms with van der Waals surface area (Å²) in [5.74, 6) is 1.97. The fourth-order valence-electron chi connectivity index (χ4n) is 1.32. The molecular weight excluding hydrogens is 285 g/mol. The molecule has 0 fully saturated rings. The molecule has 0 radical (unpaired) electrons. The van der Waals surface area contributed by atoms with Gasteiger partial charge in [-0.2, -0.15) is 0 Å². The molecule has 0 aromatic rings. The van der Waals surface area contributed by atoms with E-state index >= 15 is 0 Å². The van der Waals surface area contributed by atoms with Crippen molar-refractivity contribution in [1.82, 2.24) is 4.90 Å². The zero-order valence-electron chi connectivity index (χ0n) is 10.5. The van der Waals surface area contributed by atoms with Crippen LogP contribution in [0.25, 0.3) is 0 Å². The maximum atomic E-state index is 11.7. The summed E-state index contributed by atoms with van der Waals surface area (Å²) in [4.78, 5) is 13.7. The molecule has 2 nitrogen and oxygen atoms in total. The molecule has 0 spiro atoms. The predicted octanol–water partition coefficient (Wildman–Crippen LogP) is 3.47. The molecule has 0 saturated heterocycles. The van der Waals surface area contributed by atoms with Gasteiger partial charge in [0, 0.05) is 39.3 Å². The zero-order chi connectivity index (χ0) is 11.1. The van der Waals surface area contributed by atoms with Crippen molar-refractivity contribution in [3.8, 4) is 0 Å². The van der Waals surface area contributed by atoms with E-state index < -0.39 is 0 Å². The maximum Gasteiger partial charge on any atom is 0.281 e. The fourth-order valence-corrected chi connectivity index (χ4v) is 1.90. The molecule has 0 bridgehead atoms.